The second-order valence-corrected chi connectivity index (χ2v) is 5.28. The molecule has 26 heavy (non-hydrogen) atoms. The first kappa shape index (κ1) is 17.2. The van der Waals surface area contributed by atoms with Gasteiger partial charge in [-0.15, -0.1) is 0 Å². The van der Waals surface area contributed by atoms with Crippen molar-refractivity contribution in [2.45, 2.75) is 0 Å². The molecule has 3 rings (SSSR count). The van der Waals surface area contributed by atoms with Crippen LogP contribution in [0.4, 0.5) is 10.5 Å². The van der Waals surface area contributed by atoms with Crippen LogP contribution in [-0.2, 0) is 9.59 Å². The molecule has 132 valence electrons. The summed E-state index contributed by atoms with van der Waals surface area (Å²) < 4.78 is 10.4. The summed E-state index contributed by atoms with van der Waals surface area (Å²) in [5.74, 6) is -0.541. The van der Waals surface area contributed by atoms with E-state index in [0.717, 1.165) is 4.90 Å². The third kappa shape index (κ3) is 3.12. The molecule has 0 saturated carbocycles. The Kier molecular flexibility index (Phi) is 4.66. The number of barbiturate groups is 1. The van der Waals surface area contributed by atoms with E-state index in [4.69, 9.17) is 9.47 Å². The molecule has 1 saturated heterocycles. The Morgan fingerprint density at radius 2 is 1.92 bits per heavy atom. The van der Waals surface area contributed by atoms with E-state index in [1.165, 1.54) is 32.7 Å². The van der Waals surface area contributed by atoms with Crippen LogP contribution in [0.25, 0.3) is 6.08 Å². The van der Waals surface area contributed by atoms with Crippen LogP contribution < -0.4 is 19.7 Å². The number of carbonyl (C=O) groups excluding carboxylic acids is 3. The number of carbonyl (C=O) groups is 3. The largest absolute Gasteiger partial charge is 0.497 e. The summed E-state index contributed by atoms with van der Waals surface area (Å²) in [7, 11) is 2.98. The fourth-order valence-electron chi connectivity index (χ4n) is 2.47. The Hall–Kier alpha value is -3.68. The maximum atomic E-state index is 12.8. The van der Waals surface area contributed by atoms with E-state index < -0.39 is 17.8 Å². The van der Waals surface area contributed by atoms with Gasteiger partial charge in [0.2, 0.25) is 0 Å². The van der Waals surface area contributed by atoms with Gasteiger partial charge in [-0.1, -0.05) is 0 Å². The first-order valence-electron chi connectivity index (χ1n) is 7.58. The summed E-state index contributed by atoms with van der Waals surface area (Å²) in [6.07, 6.45) is 4.24. The minimum absolute atomic E-state index is 0.197. The Labute approximate surface area is 149 Å². The van der Waals surface area contributed by atoms with Crippen molar-refractivity contribution in [3.8, 4) is 11.5 Å². The predicted octanol–water partition coefficient (Wildman–Crippen LogP) is 1.77. The fraction of sp³-hybridized carbons (Fsp3) is 0.111. The molecular weight excluding hydrogens is 338 g/mol. The lowest BCUT2D eigenvalue weighted by Gasteiger charge is -2.26. The van der Waals surface area contributed by atoms with Crippen molar-refractivity contribution < 1.29 is 23.9 Å². The lowest BCUT2D eigenvalue weighted by atomic mass is 10.1. The van der Waals surface area contributed by atoms with Gasteiger partial charge >= 0.3 is 6.03 Å². The number of imide groups is 2. The van der Waals surface area contributed by atoms with Gasteiger partial charge in [-0.05, 0) is 30.3 Å². The summed E-state index contributed by atoms with van der Waals surface area (Å²) in [5.41, 5.74) is 0.555. The smallest absolute Gasteiger partial charge is 0.336 e. The van der Waals surface area contributed by atoms with Gasteiger partial charge in [0.25, 0.3) is 11.8 Å². The zero-order chi connectivity index (χ0) is 18.7. The molecule has 8 heteroatoms. The monoisotopic (exact) mass is 353 g/mol. The van der Waals surface area contributed by atoms with E-state index in [9.17, 15) is 14.4 Å². The van der Waals surface area contributed by atoms with Crippen LogP contribution in [0.2, 0.25) is 0 Å². The molecule has 0 atom stereocenters. The molecule has 0 spiro atoms. The van der Waals surface area contributed by atoms with Gasteiger partial charge in [-0.25, -0.2) is 9.69 Å². The van der Waals surface area contributed by atoms with Crippen LogP contribution in [0.5, 0.6) is 11.5 Å². The van der Waals surface area contributed by atoms with E-state index >= 15 is 0 Å². The second-order valence-electron chi connectivity index (χ2n) is 5.28. The van der Waals surface area contributed by atoms with Crippen molar-refractivity contribution >= 4 is 29.6 Å². The minimum atomic E-state index is -0.827. The number of urea groups is 1. The number of aromatic nitrogens is 1. The summed E-state index contributed by atoms with van der Waals surface area (Å²) >= 11 is 0. The Balaban J connectivity index is 2.04. The van der Waals surface area contributed by atoms with Crippen LogP contribution in [0.3, 0.4) is 0 Å². The zero-order valence-corrected chi connectivity index (χ0v) is 14.1. The SMILES string of the molecule is COc1ccc(/C=C2\C(=O)NC(=O)N(c3cccnc3)C2=O)c(OC)c1. The molecule has 0 radical (unpaired) electrons. The Morgan fingerprint density at radius 1 is 1.12 bits per heavy atom. The molecule has 1 aliphatic rings. The van der Waals surface area contributed by atoms with Gasteiger partial charge in [0.05, 0.1) is 26.1 Å². The summed E-state index contributed by atoms with van der Waals surface area (Å²) in [6.45, 7) is 0. The van der Waals surface area contributed by atoms with Crippen molar-refractivity contribution in [2.75, 3.05) is 19.1 Å². The van der Waals surface area contributed by atoms with Gasteiger partial charge in [0.1, 0.15) is 17.1 Å². The number of hydrogen-bond acceptors (Lipinski definition) is 6. The molecule has 8 nitrogen and oxygen atoms in total. The van der Waals surface area contributed by atoms with E-state index in [1.54, 1.807) is 30.3 Å². The second kappa shape index (κ2) is 7.06. The van der Waals surface area contributed by atoms with Crippen LogP contribution in [0, 0.1) is 0 Å². The number of ether oxygens (including phenoxy) is 2. The van der Waals surface area contributed by atoms with Crippen molar-refractivity contribution in [1.82, 2.24) is 10.3 Å². The molecular formula is C18H15N3O5. The van der Waals surface area contributed by atoms with E-state index in [1.807, 2.05) is 0 Å². The summed E-state index contributed by atoms with van der Waals surface area (Å²) in [6, 6.07) is 7.25. The standard InChI is InChI=1S/C18H15N3O5/c1-25-13-6-5-11(15(9-13)26-2)8-14-16(22)20-18(24)21(17(14)23)12-4-3-7-19-10-12/h3-10H,1-2H3,(H,20,22,24)/b14-8+. The van der Waals surface area contributed by atoms with E-state index in [0.29, 0.717) is 17.1 Å². The number of amides is 4. The third-order valence-corrected chi connectivity index (χ3v) is 3.75. The highest BCUT2D eigenvalue weighted by Crippen LogP contribution is 2.28. The molecule has 0 bridgehead atoms. The van der Waals surface area contributed by atoms with Gasteiger partial charge in [-0.3, -0.25) is 19.9 Å². The Bertz CT molecular complexity index is 908. The van der Waals surface area contributed by atoms with Crippen molar-refractivity contribution in [1.29, 1.82) is 0 Å². The molecule has 1 N–H and O–H groups in total. The normalized spacial score (nSPS) is 15.8. The fourth-order valence-corrected chi connectivity index (χ4v) is 2.47. The lowest BCUT2D eigenvalue weighted by molar-refractivity contribution is -0.122. The number of benzene rings is 1. The number of nitrogens with zero attached hydrogens (tertiary/aromatic N) is 2. The van der Waals surface area contributed by atoms with Gasteiger partial charge in [0.15, 0.2) is 0 Å². The number of methoxy groups -OCH3 is 2. The predicted molar refractivity (Wildman–Crippen MR) is 92.8 cm³/mol. The van der Waals surface area contributed by atoms with Crippen molar-refractivity contribution in [3.63, 3.8) is 0 Å². The third-order valence-electron chi connectivity index (χ3n) is 3.75. The maximum Gasteiger partial charge on any atom is 0.336 e. The lowest BCUT2D eigenvalue weighted by Crippen LogP contribution is -2.54. The molecule has 1 fully saturated rings. The highest BCUT2D eigenvalue weighted by Gasteiger charge is 2.37. The molecule has 0 unspecified atom stereocenters. The number of anilines is 1. The van der Waals surface area contributed by atoms with E-state index in [2.05, 4.69) is 10.3 Å². The molecule has 1 aromatic heterocycles. The first-order valence-corrected chi connectivity index (χ1v) is 7.58. The quantitative estimate of drug-likeness (QED) is 0.664. The van der Waals surface area contributed by atoms with Crippen LogP contribution in [0.1, 0.15) is 5.56 Å². The molecule has 2 heterocycles. The molecule has 0 aliphatic carbocycles. The van der Waals surface area contributed by atoms with Crippen molar-refractivity contribution in [2.24, 2.45) is 0 Å². The number of hydrogen-bond donors (Lipinski definition) is 1. The van der Waals surface area contributed by atoms with Gasteiger partial charge < -0.3 is 9.47 Å². The highest BCUT2D eigenvalue weighted by molar-refractivity contribution is 6.39. The molecule has 2 aromatic rings. The van der Waals surface area contributed by atoms with Crippen molar-refractivity contribution in [3.05, 3.63) is 53.9 Å². The van der Waals surface area contributed by atoms with Gasteiger partial charge in [0, 0.05) is 17.8 Å². The van der Waals surface area contributed by atoms with Crippen LogP contribution in [-0.4, -0.2) is 37.0 Å². The number of pyridine rings is 1. The van der Waals surface area contributed by atoms with Crippen LogP contribution >= 0.6 is 0 Å². The zero-order valence-electron chi connectivity index (χ0n) is 14.1. The topological polar surface area (TPSA) is 97.8 Å². The summed E-state index contributed by atoms with van der Waals surface area (Å²) in [5, 5.41) is 2.15. The maximum absolute atomic E-state index is 12.8. The summed E-state index contributed by atoms with van der Waals surface area (Å²) in [4.78, 5) is 41.8. The molecule has 1 aromatic carbocycles. The number of nitrogens with one attached hydrogen (secondary N) is 1. The average molecular weight is 353 g/mol. The number of rotatable bonds is 4. The average Bonchev–Trinajstić information content (AvgIpc) is 2.65. The Morgan fingerprint density at radius 3 is 2.58 bits per heavy atom. The van der Waals surface area contributed by atoms with E-state index in [-0.39, 0.29) is 11.3 Å². The van der Waals surface area contributed by atoms with Crippen LogP contribution in [0.15, 0.2) is 48.3 Å². The molecule has 4 amide bonds. The van der Waals surface area contributed by atoms with Gasteiger partial charge in [-0.2, -0.15) is 0 Å². The first-order chi connectivity index (χ1) is 12.5. The highest BCUT2D eigenvalue weighted by atomic mass is 16.5. The minimum Gasteiger partial charge on any atom is -0.497 e. The molecule has 1 aliphatic heterocycles.